The summed E-state index contributed by atoms with van der Waals surface area (Å²) in [5.41, 5.74) is 2.55. The van der Waals surface area contributed by atoms with Crippen molar-refractivity contribution in [3.05, 3.63) is 35.4 Å². The van der Waals surface area contributed by atoms with E-state index in [0.717, 1.165) is 31.7 Å². The SMILES string of the molecule is CC(C)(C)c1ccc([C@@H](CF)N2CCNCC2)cc1. The van der Waals surface area contributed by atoms with Gasteiger partial charge in [0, 0.05) is 26.2 Å². The lowest BCUT2D eigenvalue weighted by atomic mass is 9.86. The number of nitrogens with one attached hydrogen (secondary N) is 1. The van der Waals surface area contributed by atoms with Crippen LogP contribution in [0.25, 0.3) is 0 Å². The molecular weight excluding hydrogens is 239 g/mol. The van der Waals surface area contributed by atoms with E-state index < -0.39 is 0 Å². The van der Waals surface area contributed by atoms with Crippen molar-refractivity contribution in [1.82, 2.24) is 10.2 Å². The molecule has 0 amide bonds. The Labute approximate surface area is 116 Å². The lowest BCUT2D eigenvalue weighted by molar-refractivity contribution is 0.147. The molecule has 0 unspecified atom stereocenters. The van der Waals surface area contributed by atoms with Crippen LogP contribution in [0, 0.1) is 0 Å². The van der Waals surface area contributed by atoms with Crippen molar-refractivity contribution >= 4 is 0 Å². The summed E-state index contributed by atoms with van der Waals surface area (Å²) in [4.78, 5) is 2.24. The first-order chi connectivity index (χ1) is 9.02. The quantitative estimate of drug-likeness (QED) is 0.903. The summed E-state index contributed by atoms with van der Waals surface area (Å²) in [5, 5.41) is 3.31. The normalized spacial score (nSPS) is 19.4. The van der Waals surface area contributed by atoms with Crippen LogP contribution in [-0.2, 0) is 5.41 Å². The van der Waals surface area contributed by atoms with Crippen LogP contribution in [-0.4, -0.2) is 37.8 Å². The average molecular weight is 264 g/mol. The van der Waals surface area contributed by atoms with Crippen LogP contribution in [0.3, 0.4) is 0 Å². The van der Waals surface area contributed by atoms with Gasteiger partial charge in [0.2, 0.25) is 0 Å². The van der Waals surface area contributed by atoms with Crippen LogP contribution in [0.1, 0.15) is 37.9 Å². The van der Waals surface area contributed by atoms with Gasteiger partial charge in [0.15, 0.2) is 0 Å². The first kappa shape index (κ1) is 14.5. The molecule has 0 saturated carbocycles. The first-order valence-corrected chi connectivity index (χ1v) is 7.13. The Hall–Kier alpha value is -0.930. The van der Waals surface area contributed by atoms with Crippen LogP contribution >= 0.6 is 0 Å². The van der Waals surface area contributed by atoms with Gasteiger partial charge in [-0.05, 0) is 16.5 Å². The Bertz CT molecular complexity index is 388. The van der Waals surface area contributed by atoms with Gasteiger partial charge in [-0.2, -0.15) is 0 Å². The van der Waals surface area contributed by atoms with Gasteiger partial charge < -0.3 is 5.32 Å². The van der Waals surface area contributed by atoms with E-state index in [1.807, 2.05) is 0 Å². The topological polar surface area (TPSA) is 15.3 Å². The van der Waals surface area contributed by atoms with Crippen molar-refractivity contribution in [2.24, 2.45) is 0 Å². The number of alkyl halides is 1. The maximum absolute atomic E-state index is 13.4. The Morgan fingerprint density at radius 3 is 2.21 bits per heavy atom. The lowest BCUT2D eigenvalue weighted by Crippen LogP contribution is -2.45. The van der Waals surface area contributed by atoms with Crippen molar-refractivity contribution in [3.63, 3.8) is 0 Å². The van der Waals surface area contributed by atoms with Gasteiger partial charge >= 0.3 is 0 Å². The molecule has 1 atom stereocenters. The highest BCUT2D eigenvalue weighted by Crippen LogP contribution is 2.26. The fourth-order valence-corrected chi connectivity index (χ4v) is 2.60. The van der Waals surface area contributed by atoms with Gasteiger partial charge in [0.25, 0.3) is 0 Å². The third kappa shape index (κ3) is 3.54. The first-order valence-electron chi connectivity index (χ1n) is 7.13. The smallest absolute Gasteiger partial charge is 0.109 e. The van der Waals surface area contributed by atoms with Gasteiger partial charge in [0.1, 0.15) is 6.67 Å². The highest BCUT2D eigenvalue weighted by molar-refractivity contribution is 5.29. The molecule has 1 aliphatic rings. The molecule has 1 fully saturated rings. The minimum Gasteiger partial charge on any atom is -0.314 e. The molecule has 2 nitrogen and oxygen atoms in total. The number of hydrogen-bond acceptors (Lipinski definition) is 2. The molecule has 1 aliphatic heterocycles. The maximum Gasteiger partial charge on any atom is 0.109 e. The van der Waals surface area contributed by atoms with Gasteiger partial charge in [-0.15, -0.1) is 0 Å². The zero-order chi connectivity index (χ0) is 13.9. The molecule has 106 valence electrons. The van der Waals surface area contributed by atoms with Gasteiger partial charge in [-0.25, -0.2) is 4.39 Å². The summed E-state index contributed by atoms with van der Waals surface area (Å²) in [5.74, 6) is 0. The van der Waals surface area contributed by atoms with Crippen molar-refractivity contribution in [2.75, 3.05) is 32.9 Å². The van der Waals surface area contributed by atoms with E-state index in [1.54, 1.807) is 0 Å². The predicted octanol–water partition coefficient (Wildman–Crippen LogP) is 2.90. The summed E-state index contributed by atoms with van der Waals surface area (Å²) >= 11 is 0. The number of nitrogens with zero attached hydrogens (tertiary/aromatic N) is 1. The largest absolute Gasteiger partial charge is 0.314 e. The highest BCUT2D eigenvalue weighted by atomic mass is 19.1. The standard InChI is InChI=1S/C16H25FN2/c1-16(2,3)14-6-4-13(5-7-14)15(12-17)19-10-8-18-9-11-19/h4-7,15,18H,8-12H2,1-3H3/t15-/m1/s1. The van der Waals surface area contributed by atoms with E-state index in [-0.39, 0.29) is 18.1 Å². The molecule has 0 aliphatic carbocycles. The molecule has 19 heavy (non-hydrogen) atoms. The molecule has 3 heteroatoms. The van der Waals surface area contributed by atoms with Crippen LogP contribution in [0.15, 0.2) is 24.3 Å². The summed E-state index contributed by atoms with van der Waals surface area (Å²) < 4.78 is 13.4. The molecular formula is C16H25FN2. The Morgan fingerprint density at radius 1 is 1.16 bits per heavy atom. The van der Waals surface area contributed by atoms with Crippen molar-refractivity contribution in [3.8, 4) is 0 Å². The van der Waals surface area contributed by atoms with Crippen molar-refractivity contribution < 1.29 is 4.39 Å². The third-order valence-corrected chi connectivity index (χ3v) is 3.90. The second-order valence-electron chi connectivity index (χ2n) is 6.33. The monoisotopic (exact) mass is 264 g/mol. The summed E-state index contributed by atoms with van der Waals surface area (Å²) in [7, 11) is 0. The minimum atomic E-state index is -0.311. The zero-order valence-electron chi connectivity index (χ0n) is 12.2. The molecule has 1 saturated heterocycles. The van der Waals surface area contributed by atoms with Gasteiger partial charge in [-0.1, -0.05) is 45.0 Å². The van der Waals surface area contributed by atoms with Crippen LogP contribution in [0.2, 0.25) is 0 Å². The molecule has 1 N–H and O–H groups in total. The number of hydrogen-bond donors (Lipinski definition) is 1. The maximum atomic E-state index is 13.4. The Balaban J connectivity index is 2.14. The summed E-state index contributed by atoms with van der Waals surface area (Å²) in [6, 6.07) is 8.37. The van der Waals surface area contributed by atoms with E-state index in [9.17, 15) is 4.39 Å². The number of halogens is 1. The fraction of sp³-hybridized carbons (Fsp3) is 0.625. The van der Waals surface area contributed by atoms with Crippen molar-refractivity contribution in [1.29, 1.82) is 0 Å². The number of benzene rings is 1. The van der Waals surface area contributed by atoms with E-state index in [0.29, 0.717) is 0 Å². The van der Waals surface area contributed by atoms with E-state index in [1.165, 1.54) is 5.56 Å². The molecule has 1 aromatic rings. The van der Waals surface area contributed by atoms with Crippen LogP contribution in [0.4, 0.5) is 4.39 Å². The minimum absolute atomic E-state index is 0.0869. The second kappa shape index (κ2) is 6.02. The third-order valence-electron chi connectivity index (χ3n) is 3.90. The predicted molar refractivity (Wildman–Crippen MR) is 78.3 cm³/mol. The Kier molecular flexibility index (Phi) is 4.58. The van der Waals surface area contributed by atoms with E-state index in [2.05, 4.69) is 55.3 Å². The number of piperazine rings is 1. The summed E-state index contributed by atoms with van der Waals surface area (Å²) in [6.07, 6.45) is 0. The highest BCUT2D eigenvalue weighted by Gasteiger charge is 2.22. The molecule has 0 spiro atoms. The van der Waals surface area contributed by atoms with Crippen molar-refractivity contribution in [2.45, 2.75) is 32.2 Å². The molecule has 1 heterocycles. The molecule has 0 aromatic heterocycles. The summed E-state index contributed by atoms with van der Waals surface area (Å²) in [6.45, 7) is 10.0. The molecule has 2 rings (SSSR count). The molecule has 0 bridgehead atoms. The van der Waals surface area contributed by atoms with Gasteiger partial charge in [0.05, 0.1) is 6.04 Å². The molecule has 1 aromatic carbocycles. The van der Waals surface area contributed by atoms with Crippen LogP contribution < -0.4 is 5.32 Å². The van der Waals surface area contributed by atoms with E-state index in [4.69, 9.17) is 0 Å². The van der Waals surface area contributed by atoms with E-state index >= 15 is 0 Å². The second-order valence-corrected chi connectivity index (χ2v) is 6.33. The Morgan fingerprint density at radius 2 is 1.74 bits per heavy atom. The van der Waals surface area contributed by atoms with Gasteiger partial charge in [-0.3, -0.25) is 4.90 Å². The molecule has 0 radical (unpaired) electrons. The average Bonchev–Trinajstić information content (AvgIpc) is 2.40. The zero-order valence-corrected chi connectivity index (χ0v) is 12.2. The van der Waals surface area contributed by atoms with Crippen LogP contribution in [0.5, 0.6) is 0 Å². The fourth-order valence-electron chi connectivity index (χ4n) is 2.60. The lowest BCUT2D eigenvalue weighted by Gasteiger charge is -2.34. The number of rotatable bonds is 3.